The summed E-state index contributed by atoms with van der Waals surface area (Å²) in [4.78, 5) is 0. The number of alkyl halides is 2. The van der Waals surface area contributed by atoms with E-state index in [0.29, 0.717) is 17.1 Å². The van der Waals surface area contributed by atoms with Crippen LogP contribution in [0.2, 0.25) is 0 Å². The molecule has 1 aromatic rings. The van der Waals surface area contributed by atoms with Gasteiger partial charge in [0.25, 0.3) is 5.92 Å². The summed E-state index contributed by atoms with van der Waals surface area (Å²) in [7, 11) is 0. The van der Waals surface area contributed by atoms with Crippen molar-refractivity contribution in [3.63, 3.8) is 0 Å². The zero-order valence-electron chi connectivity index (χ0n) is 10.8. The van der Waals surface area contributed by atoms with E-state index in [1.165, 1.54) is 6.07 Å². The van der Waals surface area contributed by atoms with E-state index in [4.69, 9.17) is 9.47 Å². The molecule has 0 bridgehead atoms. The van der Waals surface area contributed by atoms with Gasteiger partial charge in [-0.25, -0.2) is 8.78 Å². The third-order valence-electron chi connectivity index (χ3n) is 3.70. The Hall–Kier alpha value is -1.36. The first-order valence-electron chi connectivity index (χ1n) is 6.61. The van der Waals surface area contributed by atoms with Gasteiger partial charge in [0.2, 0.25) is 6.79 Å². The van der Waals surface area contributed by atoms with Gasteiger partial charge in [-0.15, -0.1) is 0 Å². The molecule has 2 heterocycles. The van der Waals surface area contributed by atoms with Gasteiger partial charge in [-0.2, -0.15) is 0 Å². The van der Waals surface area contributed by atoms with E-state index in [2.05, 4.69) is 5.32 Å². The number of benzene rings is 1. The fourth-order valence-corrected chi connectivity index (χ4v) is 2.74. The Labute approximate surface area is 110 Å². The van der Waals surface area contributed by atoms with Gasteiger partial charge < -0.3 is 14.8 Å². The topological polar surface area (TPSA) is 30.5 Å². The molecule has 104 valence electrons. The van der Waals surface area contributed by atoms with Gasteiger partial charge in [0, 0.05) is 18.5 Å². The normalized spacial score (nSPS) is 22.6. The van der Waals surface area contributed by atoms with Crippen molar-refractivity contribution in [3.05, 3.63) is 23.3 Å². The van der Waals surface area contributed by atoms with Gasteiger partial charge >= 0.3 is 0 Å². The Balaban J connectivity index is 2.05. The quantitative estimate of drug-likeness (QED) is 0.893. The largest absolute Gasteiger partial charge is 0.454 e. The molecule has 0 aromatic heterocycles. The van der Waals surface area contributed by atoms with Gasteiger partial charge in [0.05, 0.1) is 0 Å². The maximum absolute atomic E-state index is 13.8. The molecule has 1 fully saturated rings. The van der Waals surface area contributed by atoms with Gasteiger partial charge in [-0.05, 0) is 37.1 Å². The standard InChI is InChI=1S/C14H17F2NO2/c1-14(15,16)10-7-13-12(18-8-19-13)6-9(10)11-4-2-3-5-17-11/h6-7,11,17H,2-5,8H2,1H3. The first kappa shape index (κ1) is 12.7. The van der Waals surface area contributed by atoms with Crippen LogP contribution in [0.15, 0.2) is 12.1 Å². The summed E-state index contributed by atoms with van der Waals surface area (Å²) in [5.41, 5.74) is 0.674. The summed E-state index contributed by atoms with van der Waals surface area (Å²) in [5, 5.41) is 3.31. The minimum absolute atomic E-state index is 0.0240. The maximum Gasteiger partial charge on any atom is 0.270 e. The van der Waals surface area contributed by atoms with Crippen LogP contribution in [0.5, 0.6) is 11.5 Å². The highest BCUT2D eigenvalue weighted by atomic mass is 19.3. The summed E-state index contributed by atoms with van der Waals surface area (Å²) in [6.07, 6.45) is 3.03. The first-order chi connectivity index (χ1) is 9.05. The van der Waals surface area contributed by atoms with E-state index in [0.717, 1.165) is 32.7 Å². The van der Waals surface area contributed by atoms with Crippen LogP contribution in [0, 0.1) is 0 Å². The molecule has 2 aliphatic rings. The summed E-state index contributed by atoms with van der Waals surface area (Å²) in [5.74, 6) is -1.90. The summed E-state index contributed by atoms with van der Waals surface area (Å²) in [6, 6.07) is 3.11. The average molecular weight is 269 g/mol. The van der Waals surface area contributed by atoms with Crippen LogP contribution in [0.4, 0.5) is 8.78 Å². The number of halogens is 2. The second-order valence-electron chi connectivity index (χ2n) is 5.18. The molecule has 19 heavy (non-hydrogen) atoms. The van der Waals surface area contributed by atoms with E-state index >= 15 is 0 Å². The van der Waals surface area contributed by atoms with Crippen LogP contribution < -0.4 is 14.8 Å². The van der Waals surface area contributed by atoms with Crippen molar-refractivity contribution in [2.75, 3.05) is 13.3 Å². The fraction of sp³-hybridized carbons (Fsp3) is 0.571. The molecule has 0 spiro atoms. The SMILES string of the molecule is CC(F)(F)c1cc2c(cc1C1CCCCN1)OCO2. The van der Waals surface area contributed by atoms with Crippen LogP contribution in [-0.4, -0.2) is 13.3 Å². The number of hydrogen-bond donors (Lipinski definition) is 1. The van der Waals surface area contributed by atoms with E-state index in [9.17, 15) is 8.78 Å². The molecule has 3 nitrogen and oxygen atoms in total. The van der Waals surface area contributed by atoms with Gasteiger partial charge in [0.1, 0.15) is 0 Å². The molecule has 0 amide bonds. The average Bonchev–Trinajstić information content (AvgIpc) is 2.84. The van der Waals surface area contributed by atoms with Crippen molar-refractivity contribution < 1.29 is 18.3 Å². The van der Waals surface area contributed by atoms with Crippen LogP contribution in [0.1, 0.15) is 43.4 Å². The zero-order valence-corrected chi connectivity index (χ0v) is 10.8. The van der Waals surface area contributed by atoms with Crippen molar-refractivity contribution in [1.82, 2.24) is 5.32 Å². The lowest BCUT2D eigenvalue weighted by atomic mass is 9.91. The number of fused-ring (bicyclic) bond motifs is 1. The van der Waals surface area contributed by atoms with E-state index in [1.807, 2.05) is 0 Å². The molecule has 5 heteroatoms. The van der Waals surface area contributed by atoms with Gasteiger partial charge in [0.15, 0.2) is 11.5 Å². The Bertz CT molecular complexity index is 479. The third-order valence-corrected chi connectivity index (χ3v) is 3.70. The smallest absolute Gasteiger partial charge is 0.270 e. The van der Waals surface area contributed by atoms with E-state index in [-0.39, 0.29) is 18.4 Å². The highest BCUT2D eigenvalue weighted by Gasteiger charge is 2.33. The minimum atomic E-state index is -2.88. The van der Waals surface area contributed by atoms with Crippen LogP contribution in [0.3, 0.4) is 0 Å². The maximum atomic E-state index is 13.8. The molecule has 1 atom stereocenters. The second kappa shape index (κ2) is 4.63. The molecule has 0 aliphatic carbocycles. The lowest BCUT2D eigenvalue weighted by Gasteiger charge is -2.27. The Morgan fingerprint density at radius 3 is 2.58 bits per heavy atom. The van der Waals surface area contributed by atoms with Crippen LogP contribution in [0.25, 0.3) is 0 Å². The van der Waals surface area contributed by atoms with Crippen molar-refractivity contribution in [2.45, 2.75) is 38.2 Å². The van der Waals surface area contributed by atoms with Crippen molar-refractivity contribution >= 4 is 0 Å². The van der Waals surface area contributed by atoms with Gasteiger partial charge in [-0.1, -0.05) is 6.42 Å². The van der Waals surface area contributed by atoms with E-state index in [1.54, 1.807) is 6.07 Å². The molecule has 2 aliphatic heterocycles. The van der Waals surface area contributed by atoms with Gasteiger partial charge in [-0.3, -0.25) is 0 Å². The number of rotatable bonds is 2. The molecule has 3 rings (SSSR count). The highest BCUT2D eigenvalue weighted by molar-refractivity contribution is 5.51. The van der Waals surface area contributed by atoms with E-state index < -0.39 is 5.92 Å². The first-order valence-corrected chi connectivity index (χ1v) is 6.61. The Morgan fingerprint density at radius 1 is 1.21 bits per heavy atom. The van der Waals surface area contributed by atoms with Crippen molar-refractivity contribution in [3.8, 4) is 11.5 Å². The molecule has 0 saturated carbocycles. The summed E-state index contributed by atoms with van der Waals surface area (Å²) >= 11 is 0. The Morgan fingerprint density at radius 2 is 1.95 bits per heavy atom. The number of nitrogens with one attached hydrogen (secondary N) is 1. The predicted molar refractivity (Wildman–Crippen MR) is 66.7 cm³/mol. The summed E-state index contributed by atoms with van der Waals surface area (Å²) < 4.78 is 38.1. The predicted octanol–water partition coefficient (Wildman–Crippen LogP) is 3.34. The van der Waals surface area contributed by atoms with Crippen LogP contribution in [-0.2, 0) is 5.92 Å². The lowest BCUT2D eigenvalue weighted by Crippen LogP contribution is -2.29. The number of piperidine rings is 1. The third kappa shape index (κ3) is 2.39. The molecular weight excluding hydrogens is 252 g/mol. The zero-order chi connectivity index (χ0) is 13.5. The van der Waals surface area contributed by atoms with Crippen molar-refractivity contribution in [2.24, 2.45) is 0 Å². The molecule has 1 aromatic carbocycles. The second-order valence-corrected chi connectivity index (χ2v) is 5.18. The number of ether oxygens (including phenoxy) is 2. The van der Waals surface area contributed by atoms with Crippen molar-refractivity contribution in [1.29, 1.82) is 0 Å². The molecule has 1 saturated heterocycles. The monoisotopic (exact) mass is 269 g/mol. The number of hydrogen-bond acceptors (Lipinski definition) is 3. The fourth-order valence-electron chi connectivity index (χ4n) is 2.74. The molecule has 0 radical (unpaired) electrons. The minimum Gasteiger partial charge on any atom is -0.454 e. The molecular formula is C14H17F2NO2. The highest BCUT2D eigenvalue weighted by Crippen LogP contribution is 2.43. The molecule has 1 unspecified atom stereocenters. The molecule has 1 N–H and O–H groups in total. The van der Waals surface area contributed by atoms with Crippen LogP contribution >= 0.6 is 0 Å². The lowest BCUT2D eigenvalue weighted by molar-refractivity contribution is 0.0156. The summed E-state index contributed by atoms with van der Waals surface area (Å²) in [6.45, 7) is 1.90. The Kier molecular flexibility index (Phi) is 3.09.